The SMILES string of the molecule is CC(Nc1cc(F)c(F)c(F)c1)C1CCN(C)CC1. The maximum atomic E-state index is 13.1. The number of hydrogen-bond acceptors (Lipinski definition) is 2. The van der Waals surface area contributed by atoms with Crippen LogP contribution in [0.15, 0.2) is 12.1 Å². The molecule has 19 heavy (non-hydrogen) atoms. The fraction of sp³-hybridized carbons (Fsp3) is 0.571. The maximum absolute atomic E-state index is 13.1. The van der Waals surface area contributed by atoms with E-state index in [1.54, 1.807) is 0 Å². The molecule has 1 N–H and O–H groups in total. The zero-order valence-electron chi connectivity index (χ0n) is 11.2. The van der Waals surface area contributed by atoms with Crippen molar-refractivity contribution >= 4 is 5.69 Å². The van der Waals surface area contributed by atoms with Gasteiger partial charge in [0.05, 0.1) is 0 Å². The molecule has 1 aromatic carbocycles. The number of halogens is 3. The van der Waals surface area contributed by atoms with Gasteiger partial charge in [-0.1, -0.05) is 0 Å². The molecule has 106 valence electrons. The fourth-order valence-electron chi connectivity index (χ4n) is 2.55. The van der Waals surface area contributed by atoms with Gasteiger partial charge in [-0.05, 0) is 45.8 Å². The van der Waals surface area contributed by atoms with Crippen LogP contribution in [-0.4, -0.2) is 31.1 Å². The Labute approximate surface area is 111 Å². The Balaban J connectivity index is 2.00. The quantitative estimate of drug-likeness (QED) is 0.850. The minimum atomic E-state index is -1.42. The second-order valence-electron chi connectivity index (χ2n) is 5.33. The van der Waals surface area contributed by atoms with Gasteiger partial charge in [-0.3, -0.25) is 0 Å². The highest BCUT2D eigenvalue weighted by Gasteiger charge is 2.22. The van der Waals surface area contributed by atoms with Gasteiger partial charge < -0.3 is 10.2 Å². The lowest BCUT2D eigenvalue weighted by atomic mass is 9.90. The number of benzene rings is 1. The molecule has 1 aliphatic rings. The van der Waals surface area contributed by atoms with Gasteiger partial charge >= 0.3 is 0 Å². The molecule has 2 nitrogen and oxygen atoms in total. The number of rotatable bonds is 3. The number of hydrogen-bond donors (Lipinski definition) is 1. The van der Waals surface area contributed by atoms with Gasteiger partial charge in [0.15, 0.2) is 17.5 Å². The Kier molecular flexibility index (Phi) is 4.34. The number of piperidine rings is 1. The zero-order chi connectivity index (χ0) is 14.0. The molecule has 0 bridgehead atoms. The summed E-state index contributed by atoms with van der Waals surface area (Å²) in [5, 5.41) is 3.07. The molecule has 0 radical (unpaired) electrons. The second kappa shape index (κ2) is 5.82. The summed E-state index contributed by atoms with van der Waals surface area (Å²) in [6, 6.07) is 2.12. The monoisotopic (exact) mass is 272 g/mol. The smallest absolute Gasteiger partial charge is 0.194 e. The van der Waals surface area contributed by atoms with E-state index in [4.69, 9.17) is 0 Å². The zero-order valence-corrected chi connectivity index (χ0v) is 11.2. The summed E-state index contributed by atoms with van der Waals surface area (Å²) in [7, 11) is 2.08. The average Bonchev–Trinajstić information content (AvgIpc) is 2.36. The van der Waals surface area contributed by atoms with Gasteiger partial charge in [-0.2, -0.15) is 0 Å². The summed E-state index contributed by atoms with van der Waals surface area (Å²) in [5.41, 5.74) is 0.294. The van der Waals surface area contributed by atoms with Crippen LogP contribution in [0, 0.1) is 23.4 Å². The minimum absolute atomic E-state index is 0.109. The van der Waals surface area contributed by atoms with E-state index in [9.17, 15) is 13.2 Å². The number of likely N-dealkylation sites (tertiary alicyclic amines) is 1. The first-order valence-corrected chi connectivity index (χ1v) is 6.57. The Morgan fingerprint density at radius 1 is 1.16 bits per heavy atom. The number of anilines is 1. The molecule has 0 aliphatic carbocycles. The molecule has 1 aromatic rings. The molecular formula is C14H19F3N2. The molecule has 0 saturated carbocycles. The third-order valence-electron chi connectivity index (χ3n) is 3.85. The predicted molar refractivity (Wildman–Crippen MR) is 69.6 cm³/mol. The number of nitrogens with zero attached hydrogens (tertiary/aromatic N) is 1. The molecule has 1 saturated heterocycles. The molecule has 0 aromatic heterocycles. The van der Waals surface area contributed by atoms with Crippen LogP contribution in [0.1, 0.15) is 19.8 Å². The van der Waals surface area contributed by atoms with Crippen molar-refractivity contribution in [3.63, 3.8) is 0 Å². The molecule has 5 heteroatoms. The summed E-state index contributed by atoms with van der Waals surface area (Å²) in [6.45, 7) is 4.06. The summed E-state index contributed by atoms with van der Waals surface area (Å²) >= 11 is 0. The Hall–Kier alpha value is -1.23. The predicted octanol–water partition coefficient (Wildman–Crippen LogP) is 3.25. The first-order chi connectivity index (χ1) is 8.97. The van der Waals surface area contributed by atoms with Gasteiger partial charge in [-0.15, -0.1) is 0 Å². The van der Waals surface area contributed by atoms with Crippen LogP contribution in [0.5, 0.6) is 0 Å². The summed E-state index contributed by atoms with van der Waals surface area (Å²) < 4.78 is 39.1. The first kappa shape index (κ1) is 14.2. The fourth-order valence-corrected chi connectivity index (χ4v) is 2.55. The molecule has 1 heterocycles. The first-order valence-electron chi connectivity index (χ1n) is 6.57. The lowest BCUT2D eigenvalue weighted by molar-refractivity contribution is 0.208. The van der Waals surface area contributed by atoms with Gasteiger partial charge in [0.2, 0.25) is 0 Å². The van der Waals surface area contributed by atoms with Gasteiger partial charge in [0, 0.05) is 23.9 Å². The van der Waals surface area contributed by atoms with Crippen molar-refractivity contribution in [3.8, 4) is 0 Å². The third-order valence-corrected chi connectivity index (χ3v) is 3.85. The second-order valence-corrected chi connectivity index (χ2v) is 5.33. The third kappa shape index (κ3) is 3.41. The minimum Gasteiger partial charge on any atom is -0.382 e. The normalized spacial score (nSPS) is 19.4. The lowest BCUT2D eigenvalue weighted by Crippen LogP contribution is -2.37. The summed E-state index contributed by atoms with van der Waals surface area (Å²) in [4.78, 5) is 2.26. The Morgan fingerprint density at radius 2 is 1.68 bits per heavy atom. The van der Waals surface area contributed by atoms with Crippen LogP contribution in [0.4, 0.5) is 18.9 Å². The van der Waals surface area contributed by atoms with Crippen molar-refractivity contribution in [2.45, 2.75) is 25.8 Å². The standard InChI is InChI=1S/C14H19F3N2/c1-9(10-3-5-19(2)6-4-10)18-11-7-12(15)14(17)13(16)8-11/h7-10,18H,3-6H2,1-2H3. The van der Waals surface area contributed by atoms with E-state index < -0.39 is 17.5 Å². The van der Waals surface area contributed by atoms with Crippen molar-refractivity contribution < 1.29 is 13.2 Å². The molecule has 0 amide bonds. The van der Waals surface area contributed by atoms with E-state index in [1.807, 2.05) is 6.92 Å². The highest BCUT2D eigenvalue weighted by molar-refractivity contribution is 5.45. The van der Waals surface area contributed by atoms with Gasteiger partial charge in [-0.25, -0.2) is 13.2 Å². The average molecular weight is 272 g/mol. The molecule has 1 atom stereocenters. The van der Waals surface area contributed by atoms with Crippen molar-refractivity contribution in [2.75, 3.05) is 25.5 Å². The molecule has 1 unspecified atom stereocenters. The molecule has 1 fully saturated rings. The summed E-state index contributed by atoms with van der Waals surface area (Å²) in [5.74, 6) is -3.26. The topological polar surface area (TPSA) is 15.3 Å². The van der Waals surface area contributed by atoms with Crippen molar-refractivity contribution in [1.29, 1.82) is 0 Å². The van der Waals surface area contributed by atoms with Crippen molar-refractivity contribution in [3.05, 3.63) is 29.6 Å². The maximum Gasteiger partial charge on any atom is 0.194 e. The molecule has 0 spiro atoms. The van der Waals surface area contributed by atoms with Crippen LogP contribution < -0.4 is 5.32 Å². The summed E-state index contributed by atoms with van der Waals surface area (Å²) in [6.07, 6.45) is 2.10. The number of nitrogens with one attached hydrogen (secondary N) is 1. The molecule has 1 aliphatic heterocycles. The van der Waals surface area contributed by atoms with Crippen LogP contribution in [0.3, 0.4) is 0 Å². The largest absolute Gasteiger partial charge is 0.382 e. The molecular weight excluding hydrogens is 253 g/mol. The van der Waals surface area contributed by atoms with E-state index in [2.05, 4.69) is 17.3 Å². The Morgan fingerprint density at radius 3 is 2.21 bits per heavy atom. The van der Waals surface area contributed by atoms with Gasteiger partial charge in [0.25, 0.3) is 0 Å². The van der Waals surface area contributed by atoms with E-state index >= 15 is 0 Å². The van der Waals surface area contributed by atoms with Crippen molar-refractivity contribution in [2.24, 2.45) is 5.92 Å². The highest BCUT2D eigenvalue weighted by Crippen LogP contribution is 2.24. The van der Waals surface area contributed by atoms with Gasteiger partial charge in [0.1, 0.15) is 0 Å². The van der Waals surface area contributed by atoms with E-state index in [-0.39, 0.29) is 6.04 Å². The van der Waals surface area contributed by atoms with Crippen LogP contribution in [0.25, 0.3) is 0 Å². The van der Waals surface area contributed by atoms with Crippen LogP contribution in [0.2, 0.25) is 0 Å². The Bertz CT molecular complexity index is 419. The van der Waals surface area contributed by atoms with E-state index in [0.29, 0.717) is 11.6 Å². The molecule has 2 rings (SSSR count). The van der Waals surface area contributed by atoms with Crippen LogP contribution in [-0.2, 0) is 0 Å². The highest BCUT2D eigenvalue weighted by atomic mass is 19.2. The van der Waals surface area contributed by atoms with E-state index in [1.165, 1.54) is 0 Å². The van der Waals surface area contributed by atoms with Crippen LogP contribution >= 0.6 is 0 Å². The van der Waals surface area contributed by atoms with E-state index in [0.717, 1.165) is 38.1 Å². The van der Waals surface area contributed by atoms with Crippen molar-refractivity contribution in [1.82, 2.24) is 4.90 Å². The lowest BCUT2D eigenvalue weighted by Gasteiger charge is -2.33.